The van der Waals surface area contributed by atoms with Crippen molar-refractivity contribution in [3.8, 4) is 0 Å². The second kappa shape index (κ2) is 4.17. The van der Waals surface area contributed by atoms with Crippen molar-refractivity contribution in [3.63, 3.8) is 0 Å². The SMILES string of the molecule is CC(C)(CO)CN1CCOCC1(C)C. The molecule has 0 unspecified atom stereocenters. The Morgan fingerprint density at radius 1 is 1.43 bits per heavy atom. The van der Waals surface area contributed by atoms with Gasteiger partial charge in [0.25, 0.3) is 0 Å². The van der Waals surface area contributed by atoms with Gasteiger partial charge < -0.3 is 9.84 Å². The third kappa shape index (κ3) is 2.94. The lowest BCUT2D eigenvalue weighted by Gasteiger charge is -2.45. The van der Waals surface area contributed by atoms with Gasteiger partial charge in [0.1, 0.15) is 0 Å². The summed E-state index contributed by atoms with van der Waals surface area (Å²) in [4.78, 5) is 2.41. The number of hydrogen-bond donors (Lipinski definition) is 1. The lowest BCUT2D eigenvalue weighted by atomic mass is 9.91. The Morgan fingerprint density at radius 3 is 2.57 bits per heavy atom. The molecule has 0 aromatic carbocycles. The maximum atomic E-state index is 9.24. The second-order valence-electron chi connectivity index (χ2n) is 5.61. The molecule has 1 aliphatic heterocycles. The minimum absolute atomic E-state index is 0.0192. The fourth-order valence-corrected chi connectivity index (χ4v) is 1.75. The van der Waals surface area contributed by atoms with Crippen molar-refractivity contribution in [2.45, 2.75) is 33.2 Å². The van der Waals surface area contributed by atoms with Crippen LogP contribution in [0.4, 0.5) is 0 Å². The molecule has 0 bridgehead atoms. The zero-order valence-electron chi connectivity index (χ0n) is 9.84. The third-order valence-corrected chi connectivity index (χ3v) is 2.86. The van der Waals surface area contributed by atoms with Crippen molar-refractivity contribution in [2.75, 3.05) is 32.9 Å². The summed E-state index contributed by atoms with van der Waals surface area (Å²) in [5, 5.41) is 9.24. The highest BCUT2D eigenvalue weighted by Gasteiger charge is 2.33. The fourth-order valence-electron chi connectivity index (χ4n) is 1.75. The van der Waals surface area contributed by atoms with E-state index in [4.69, 9.17) is 4.74 Å². The Bertz CT molecular complexity index is 190. The van der Waals surface area contributed by atoms with Gasteiger partial charge in [-0.05, 0) is 13.8 Å². The van der Waals surface area contributed by atoms with E-state index in [1.54, 1.807) is 0 Å². The largest absolute Gasteiger partial charge is 0.396 e. The number of hydrogen-bond acceptors (Lipinski definition) is 3. The van der Waals surface area contributed by atoms with Gasteiger partial charge in [-0.2, -0.15) is 0 Å². The van der Waals surface area contributed by atoms with Gasteiger partial charge in [0.05, 0.1) is 13.2 Å². The first-order chi connectivity index (χ1) is 6.37. The van der Waals surface area contributed by atoms with Gasteiger partial charge in [-0.25, -0.2) is 0 Å². The van der Waals surface area contributed by atoms with E-state index in [0.29, 0.717) is 0 Å². The van der Waals surface area contributed by atoms with Gasteiger partial charge in [0, 0.05) is 30.7 Å². The van der Waals surface area contributed by atoms with Crippen LogP contribution in [0, 0.1) is 5.41 Å². The highest BCUT2D eigenvalue weighted by Crippen LogP contribution is 2.24. The van der Waals surface area contributed by atoms with Crippen LogP contribution in [0.25, 0.3) is 0 Å². The minimum atomic E-state index is -0.0192. The molecule has 1 aliphatic rings. The second-order valence-corrected chi connectivity index (χ2v) is 5.61. The van der Waals surface area contributed by atoms with Crippen molar-refractivity contribution in [1.82, 2.24) is 4.90 Å². The van der Waals surface area contributed by atoms with E-state index < -0.39 is 0 Å². The maximum absolute atomic E-state index is 9.24. The molecule has 1 N–H and O–H groups in total. The predicted octanol–water partition coefficient (Wildman–Crippen LogP) is 1.12. The van der Waals surface area contributed by atoms with Crippen LogP contribution in [0.5, 0.6) is 0 Å². The first kappa shape index (κ1) is 12.0. The average molecular weight is 201 g/mol. The molecule has 0 atom stereocenters. The molecule has 0 radical (unpaired) electrons. The van der Waals surface area contributed by atoms with E-state index in [-0.39, 0.29) is 17.6 Å². The van der Waals surface area contributed by atoms with Gasteiger partial charge in [-0.3, -0.25) is 4.90 Å². The Morgan fingerprint density at radius 2 is 2.07 bits per heavy atom. The standard InChI is InChI=1S/C11H23NO2/c1-10(2,8-13)7-12-5-6-14-9-11(12,3)4/h13H,5-9H2,1-4H3. The van der Waals surface area contributed by atoms with Crippen molar-refractivity contribution in [2.24, 2.45) is 5.41 Å². The smallest absolute Gasteiger partial charge is 0.0645 e. The van der Waals surface area contributed by atoms with Crippen LogP contribution in [0.15, 0.2) is 0 Å². The zero-order chi connectivity index (χ0) is 10.8. The van der Waals surface area contributed by atoms with Crippen LogP contribution in [-0.2, 0) is 4.74 Å². The molecular formula is C11H23NO2. The van der Waals surface area contributed by atoms with Crippen LogP contribution < -0.4 is 0 Å². The van der Waals surface area contributed by atoms with Crippen molar-refractivity contribution < 1.29 is 9.84 Å². The Labute approximate surface area is 87.1 Å². The van der Waals surface area contributed by atoms with Crippen molar-refractivity contribution >= 4 is 0 Å². The number of aliphatic hydroxyl groups is 1. The Hall–Kier alpha value is -0.120. The molecular weight excluding hydrogens is 178 g/mol. The fraction of sp³-hybridized carbons (Fsp3) is 1.00. The number of rotatable bonds is 3. The minimum Gasteiger partial charge on any atom is -0.396 e. The first-order valence-electron chi connectivity index (χ1n) is 5.31. The van der Waals surface area contributed by atoms with Gasteiger partial charge >= 0.3 is 0 Å². The molecule has 1 heterocycles. The molecule has 1 saturated heterocycles. The summed E-state index contributed by atoms with van der Waals surface area (Å²) in [5.74, 6) is 0. The van der Waals surface area contributed by atoms with Crippen LogP contribution in [0.2, 0.25) is 0 Å². The van der Waals surface area contributed by atoms with Crippen LogP contribution >= 0.6 is 0 Å². The quantitative estimate of drug-likeness (QED) is 0.742. The average Bonchev–Trinajstić information content (AvgIpc) is 2.09. The Kier molecular flexibility index (Phi) is 3.56. The molecule has 1 fully saturated rings. The van der Waals surface area contributed by atoms with E-state index in [2.05, 4.69) is 32.6 Å². The van der Waals surface area contributed by atoms with Gasteiger partial charge in [-0.15, -0.1) is 0 Å². The summed E-state index contributed by atoms with van der Waals surface area (Å²) in [5.41, 5.74) is 0.0826. The van der Waals surface area contributed by atoms with E-state index in [0.717, 1.165) is 26.3 Å². The molecule has 0 spiro atoms. The highest BCUT2D eigenvalue weighted by atomic mass is 16.5. The monoisotopic (exact) mass is 201 g/mol. The molecule has 0 saturated carbocycles. The Balaban J connectivity index is 2.58. The molecule has 0 aromatic heterocycles. The summed E-state index contributed by atoms with van der Waals surface area (Å²) in [6, 6.07) is 0. The number of aliphatic hydroxyl groups excluding tert-OH is 1. The van der Waals surface area contributed by atoms with E-state index in [1.807, 2.05) is 0 Å². The molecule has 84 valence electrons. The van der Waals surface area contributed by atoms with Crippen molar-refractivity contribution in [3.05, 3.63) is 0 Å². The summed E-state index contributed by atoms with van der Waals surface area (Å²) in [7, 11) is 0. The number of ether oxygens (including phenoxy) is 1. The topological polar surface area (TPSA) is 32.7 Å². The normalized spacial score (nSPS) is 23.8. The number of nitrogens with zero attached hydrogens (tertiary/aromatic N) is 1. The first-order valence-corrected chi connectivity index (χ1v) is 5.31. The van der Waals surface area contributed by atoms with Gasteiger partial charge in [0.15, 0.2) is 0 Å². The zero-order valence-corrected chi connectivity index (χ0v) is 9.84. The summed E-state index contributed by atoms with van der Waals surface area (Å²) >= 11 is 0. The molecule has 0 aromatic rings. The number of morpholine rings is 1. The summed E-state index contributed by atoms with van der Waals surface area (Å²) in [6.07, 6.45) is 0. The van der Waals surface area contributed by atoms with Crippen LogP contribution in [-0.4, -0.2) is 48.5 Å². The molecule has 14 heavy (non-hydrogen) atoms. The molecule has 0 amide bonds. The van der Waals surface area contributed by atoms with E-state index in [1.165, 1.54) is 0 Å². The third-order valence-electron chi connectivity index (χ3n) is 2.86. The lowest BCUT2D eigenvalue weighted by molar-refractivity contribution is -0.0696. The molecule has 3 heteroatoms. The predicted molar refractivity (Wildman–Crippen MR) is 57.3 cm³/mol. The van der Waals surface area contributed by atoms with Crippen molar-refractivity contribution in [1.29, 1.82) is 0 Å². The van der Waals surface area contributed by atoms with E-state index >= 15 is 0 Å². The highest BCUT2D eigenvalue weighted by molar-refractivity contribution is 4.87. The van der Waals surface area contributed by atoms with E-state index in [9.17, 15) is 5.11 Å². The summed E-state index contributed by atoms with van der Waals surface area (Å²) < 4.78 is 5.46. The van der Waals surface area contributed by atoms with Crippen LogP contribution in [0.1, 0.15) is 27.7 Å². The van der Waals surface area contributed by atoms with Gasteiger partial charge in [-0.1, -0.05) is 13.8 Å². The molecule has 3 nitrogen and oxygen atoms in total. The summed E-state index contributed by atoms with van der Waals surface area (Å²) in [6.45, 7) is 12.3. The maximum Gasteiger partial charge on any atom is 0.0645 e. The molecule has 0 aliphatic carbocycles. The lowest BCUT2D eigenvalue weighted by Crippen LogP contribution is -2.55. The van der Waals surface area contributed by atoms with Gasteiger partial charge in [0.2, 0.25) is 0 Å². The van der Waals surface area contributed by atoms with Crippen LogP contribution in [0.3, 0.4) is 0 Å². The molecule has 1 rings (SSSR count).